The summed E-state index contributed by atoms with van der Waals surface area (Å²) in [6, 6.07) is 1.21. The van der Waals surface area contributed by atoms with Crippen LogP contribution in [0.15, 0.2) is 21.9 Å². The highest BCUT2D eigenvalue weighted by Crippen LogP contribution is 2.38. The van der Waals surface area contributed by atoms with Crippen molar-refractivity contribution in [1.82, 2.24) is 9.55 Å². The van der Waals surface area contributed by atoms with Gasteiger partial charge in [-0.3, -0.25) is 14.3 Å². The van der Waals surface area contributed by atoms with E-state index in [9.17, 15) is 14.7 Å². The molecule has 0 saturated carbocycles. The second-order valence-corrected chi connectivity index (χ2v) is 12.9. The second-order valence-electron chi connectivity index (χ2n) is 7.59. The third kappa shape index (κ3) is 3.83. The molecule has 0 amide bonds. The number of nitrogens with one attached hydrogen (secondary N) is 1. The number of H-pyrrole nitrogens is 1. The molecule has 4 atom stereocenters. The van der Waals surface area contributed by atoms with Crippen LogP contribution in [0.4, 0.5) is 0 Å². The van der Waals surface area contributed by atoms with Gasteiger partial charge in [-0.15, -0.1) is 11.6 Å². The van der Waals surface area contributed by atoms with E-state index in [1.54, 1.807) is 0 Å². The van der Waals surface area contributed by atoms with Crippen LogP contribution in [0.2, 0.25) is 18.1 Å². The van der Waals surface area contributed by atoms with Crippen molar-refractivity contribution in [1.29, 1.82) is 0 Å². The summed E-state index contributed by atoms with van der Waals surface area (Å²) in [5.74, 6) is 0. The van der Waals surface area contributed by atoms with Gasteiger partial charge < -0.3 is 14.3 Å². The number of aromatic nitrogens is 2. The Kier molecular flexibility index (Phi) is 5.46. The number of aromatic amines is 1. The lowest BCUT2D eigenvalue weighted by Crippen LogP contribution is -2.44. The van der Waals surface area contributed by atoms with Gasteiger partial charge in [-0.05, 0) is 18.1 Å². The predicted octanol–water partition coefficient (Wildman–Crippen LogP) is 1.42. The SMILES string of the molecule is CC(C)(C)[Si](C)(C)OC[C@@H]1O[C@H](n2ccc(=O)[nH]c2=O)[C@@H](Cl)[C@H]1O. The third-order valence-corrected chi connectivity index (χ3v) is 9.81. The van der Waals surface area contributed by atoms with Crippen LogP contribution in [0, 0.1) is 0 Å². The maximum Gasteiger partial charge on any atom is 0.330 e. The molecular formula is C15H25ClN2O5Si. The van der Waals surface area contributed by atoms with Crippen LogP contribution in [0.1, 0.15) is 27.0 Å². The van der Waals surface area contributed by atoms with Crippen LogP contribution in [0.3, 0.4) is 0 Å². The number of rotatable bonds is 4. The molecule has 136 valence electrons. The van der Waals surface area contributed by atoms with Crippen molar-refractivity contribution in [2.75, 3.05) is 6.61 Å². The molecule has 0 unspecified atom stereocenters. The standard InChI is InChI=1S/C15H25ClN2O5Si/c1-15(2,3)24(4,5)22-8-9-12(20)11(16)13(23-9)18-7-6-10(19)17-14(18)21/h6-7,9,11-13,20H,8H2,1-5H3,(H,17,19,21)/t9-,11-,12-,13-/m0/s1. The van der Waals surface area contributed by atoms with Gasteiger partial charge in [0.15, 0.2) is 14.5 Å². The summed E-state index contributed by atoms with van der Waals surface area (Å²) in [5.41, 5.74) is -1.13. The molecule has 0 spiro atoms. The number of hydrogen-bond donors (Lipinski definition) is 2. The van der Waals surface area contributed by atoms with Gasteiger partial charge in [0.2, 0.25) is 0 Å². The highest BCUT2D eigenvalue weighted by Gasteiger charge is 2.46. The zero-order valence-corrected chi connectivity index (χ0v) is 16.3. The zero-order chi connectivity index (χ0) is 18.3. The van der Waals surface area contributed by atoms with E-state index in [1.807, 2.05) is 0 Å². The number of halogens is 1. The highest BCUT2D eigenvalue weighted by molar-refractivity contribution is 6.74. The average Bonchev–Trinajstić information content (AvgIpc) is 2.72. The van der Waals surface area contributed by atoms with Gasteiger partial charge in [-0.1, -0.05) is 20.8 Å². The quantitative estimate of drug-likeness (QED) is 0.612. The van der Waals surface area contributed by atoms with Crippen molar-refractivity contribution in [3.63, 3.8) is 0 Å². The summed E-state index contributed by atoms with van der Waals surface area (Å²) in [4.78, 5) is 25.2. The third-order valence-electron chi connectivity index (χ3n) is 4.83. The first-order valence-corrected chi connectivity index (χ1v) is 11.2. The van der Waals surface area contributed by atoms with E-state index in [1.165, 1.54) is 16.8 Å². The largest absolute Gasteiger partial charge is 0.414 e. The molecule has 1 aromatic rings. The molecule has 1 saturated heterocycles. The maximum atomic E-state index is 11.9. The lowest BCUT2D eigenvalue weighted by Gasteiger charge is -2.37. The fraction of sp³-hybridized carbons (Fsp3) is 0.733. The highest BCUT2D eigenvalue weighted by atomic mass is 35.5. The van der Waals surface area contributed by atoms with Gasteiger partial charge in [-0.25, -0.2) is 4.79 Å². The number of aliphatic hydroxyl groups is 1. The normalized spacial score (nSPS) is 28.3. The summed E-state index contributed by atoms with van der Waals surface area (Å²) < 4.78 is 13.0. The lowest BCUT2D eigenvalue weighted by atomic mass is 10.2. The molecular weight excluding hydrogens is 352 g/mol. The summed E-state index contributed by atoms with van der Waals surface area (Å²) in [5, 5.41) is 9.54. The lowest BCUT2D eigenvalue weighted by molar-refractivity contribution is -0.0431. The first-order valence-electron chi connectivity index (χ1n) is 7.87. The van der Waals surface area contributed by atoms with Crippen LogP contribution in [0.25, 0.3) is 0 Å². The van der Waals surface area contributed by atoms with Gasteiger partial charge in [0.25, 0.3) is 5.56 Å². The van der Waals surface area contributed by atoms with E-state index < -0.39 is 43.4 Å². The average molecular weight is 377 g/mol. The Balaban J connectivity index is 2.13. The molecule has 1 fully saturated rings. The van der Waals surface area contributed by atoms with Gasteiger partial charge in [0, 0.05) is 12.3 Å². The molecule has 1 aliphatic heterocycles. The Bertz CT molecular complexity index is 696. The Morgan fingerprint density at radius 1 is 1.42 bits per heavy atom. The van der Waals surface area contributed by atoms with E-state index in [-0.39, 0.29) is 11.6 Å². The molecule has 1 aliphatic rings. The maximum absolute atomic E-state index is 11.9. The molecule has 2 N–H and O–H groups in total. The Morgan fingerprint density at radius 3 is 2.58 bits per heavy atom. The Morgan fingerprint density at radius 2 is 2.04 bits per heavy atom. The molecule has 7 nitrogen and oxygen atoms in total. The second kappa shape index (κ2) is 6.76. The first-order chi connectivity index (χ1) is 10.9. The fourth-order valence-corrected chi connectivity index (χ4v) is 3.56. The summed E-state index contributed by atoms with van der Waals surface area (Å²) in [6.45, 7) is 10.8. The predicted molar refractivity (Wildman–Crippen MR) is 94.0 cm³/mol. The molecule has 24 heavy (non-hydrogen) atoms. The fourth-order valence-electron chi connectivity index (χ4n) is 2.20. The molecule has 1 aromatic heterocycles. The Hall–Kier alpha value is -0.933. The van der Waals surface area contributed by atoms with Crippen molar-refractivity contribution in [2.45, 2.75) is 62.7 Å². The van der Waals surface area contributed by atoms with Crippen LogP contribution >= 0.6 is 11.6 Å². The van der Waals surface area contributed by atoms with Crippen molar-refractivity contribution in [3.8, 4) is 0 Å². The number of nitrogens with zero attached hydrogens (tertiary/aromatic N) is 1. The van der Waals surface area contributed by atoms with E-state index >= 15 is 0 Å². The van der Waals surface area contributed by atoms with Crippen LogP contribution in [-0.4, -0.2) is 47.2 Å². The number of alkyl halides is 1. The summed E-state index contributed by atoms with van der Waals surface area (Å²) in [7, 11) is -1.99. The van der Waals surface area contributed by atoms with E-state index in [2.05, 4.69) is 38.8 Å². The van der Waals surface area contributed by atoms with Crippen LogP contribution < -0.4 is 11.2 Å². The summed E-state index contributed by atoms with van der Waals surface area (Å²) >= 11 is 6.24. The molecule has 0 radical (unpaired) electrons. The van der Waals surface area contributed by atoms with E-state index in [0.29, 0.717) is 0 Å². The molecule has 2 heterocycles. The Labute approximate surface area is 146 Å². The number of aliphatic hydroxyl groups excluding tert-OH is 1. The smallest absolute Gasteiger partial charge is 0.330 e. The van der Waals surface area contributed by atoms with Crippen LogP contribution in [0.5, 0.6) is 0 Å². The minimum absolute atomic E-state index is 0.0339. The van der Waals surface area contributed by atoms with Crippen molar-refractivity contribution in [3.05, 3.63) is 33.1 Å². The van der Waals surface area contributed by atoms with Crippen LogP contribution in [-0.2, 0) is 9.16 Å². The first kappa shape index (κ1) is 19.4. The van der Waals surface area contributed by atoms with Crippen molar-refractivity contribution < 1.29 is 14.3 Å². The summed E-state index contributed by atoms with van der Waals surface area (Å²) in [6.07, 6.45) is -1.16. The molecule has 9 heteroatoms. The molecule has 0 aliphatic carbocycles. The van der Waals surface area contributed by atoms with E-state index in [0.717, 1.165) is 0 Å². The monoisotopic (exact) mass is 376 g/mol. The molecule has 0 bridgehead atoms. The van der Waals surface area contributed by atoms with Gasteiger partial charge in [0.1, 0.15) is 17.6 Å². The van der Waals surface area contributed by atoms with E-state index in [4.69, 9.17) is 20.8 Å². The number of ether oxygens (including phenoxy) is 1. The molecule has 0 aromatic carbocycles. The molecule has 2 rings (SSSR count). The minimum atomic E-state index is -1.99. The minimum Gasteiger partial charge on any atom is -0.414 e. The topological polar surface area (TPSA) is 93.5 Å². The van der Waals surface area contributed by atoms with Gasteiger partial charge in [0.05, 0.1) is 6.61 Å². The van der Waals surface area contributed by atoms with Crippen molar-refractivity contribution in [2.24, 2.45) is 0 Å². The van der Waals surface area contributed by atoms with Gasteiger partial charge >= 0.3 is 5.69 Å². The van der Waals surface area contributed by atoms with Gasteiger partial charge in [-0.2, -0.15) is 0 Å². The zero-order valence-electron chi connectivity index (χ0n) is 14.6. The number of hydrogen-bond acceptors (Lipinski definition) is 5. The van der Waals surface area contributed by atoms with Crippen molar-refractivity contribution >= 4 is 19.9 Å².